The summed E-state index contributed by atoms with van der Waals surface area (Å²) in [5.74, 6) is -1.04. The Morgan fingerprint density at radius 3 is 2.59 bits per heavy atom. The Morgan fingerprint density at radius 1 is 1.19 bits per heavy atom. The number of aliphatic imine (C=N–C) groups is 1. The fraction of sp³-hybridized carbons (Fsp3) is 0.250. The molecule has 0 saturated carbocycles. The molecule has 1 unspecified atom stereocenters. The summed E-state index contributed by atoms with van der Waals surface area (Å²) in [7, 11) is 0. The average Bonchev–Trinajstić information content (AvgIpc) is 2.93. The van der Waals surface area contributed by atoms with Gasteiger partial charge in [0.1, 0.15) is 11.1 Å². The Bertz CT molecular complexity index is 857. The topological polar surface area (TPSA) is 61.8 Å². The molecule has 1 aliphatic heterocycles. The van der Waals surface area contributed by atoms with Crippen molar-refractivity contribution in [3.63, 3.8) is 0 Å². The van der Waals surface area contributed by atoms with Crippen molar-refractivity contribution in [2.75, 3.05) is 11.9 Å². The number of hydrogen-bond donors (Lipinski definition) is 1. The van der Waals surface area contributed by atoms with E-state index < -0.39 is 17.0 Å². The number of thioether (sulfide) groups is 1. The van der Waals surface area contributed by atoms with E-state index in [1.807, 2.05) is 37.3 Å². The first kappa shape index (κ1) is 19.1. The summed E-state index contributed by atoms with van der Waals surface area (Å²) >= 11 is 1.28. The molecule has 1 fully saturated rings. The highest BCUT2D eigenvalue weighted by molar-refractivity contribution is 8.15. The summed E-state index contributed by atoms with van der Waals surface area (Å²) in [5, 5.41) is 2.56. The lowest BCUT2D eigenvalue weighted by Gasteiger charge is -2.15. The number of amidine groups is 1. The van der Waals surface area contributed by atoms with Crippen molar-refractivity contribution >= 4 is 40.1 Å². The Morgan fingerprint density at radius 2 is 1.89 bits per heavy atom. The molecule has 140 valence electrons. The average molecular weight is 385 g/mol. The normalized spacial score (nSPS) is 18.1. The van der Waals surface area contributed by atoms with Crippen molar-refractivity contribution in [1.82, 2.24) is 4.90 Å². The number of benzene rings is 2. The Kier molecular flexibility index (Phi) is 6.24. The van der Waals surface area contributed by atoms with Gasteiger partial charge in [-0.05, 0) is 30.7 Å². The monoisotopic (exact) mass is 385 g/mol. The molecule has 0 radical (unpaired) electrons. The van der Waals surface area contributed by atoms with Crippen LogP contribution in [0.2, 0.25) is 0 Å². The van der Waals surface area contributed by atoms with Gasteiger partial charge >= 0.3 is 0 Å². The standard InChI is InChI=1S/C20H20FN3O2S/c1-2-12-24-19(26)17(27-20(24)22-14-8-4-3-5-9-14)13-18(25)23-16-11-7-6-10-15(16)21/h3-11,17H,2,12-13H2,1H3,(H,23,25). The fourth-order valence-electron chi connectivity index (χ4n) is 2.70. The van der Waals surface area contributed by atoms with Crippen LogP contribution in [0.25, 0.3) is 0 Å². The first-order valence-electron chi connectivity index (χ1n) is 8.74. The van der Waals surface area contributed by atoms with Gasteiger partial charge in [0.25, 0.3) is 0 Å². The highest BCUT2D eigenvalue weighted by Gasteiger charge is 2.38. The molecule has 5 nitrogen and oxygen atoms in total. The van der Waals surface area contributed by atoms with Crippen LogP contribution in [-0.4, -0.2) is 33.7 Å². The van der Waals surface area contributed by atoms with Gasteiger partial charge < -0.3 is 5.32 Å². The zero-order chi connectivity index (χ0) is 19.2. The second-order valence-electron chi connectivity index (χ2n) is 6.06. The lowest BCUT2D eigenvalue weighted by atomic mass is 10.2. The third kappa shape index (κ3) is 4.74. The minimum atomic E-state index is -0.564. The van der Waals surface area contributed by atoms with E-state index in [0.717, 1.165) is 12.1 Å². The summed E-state index contributed by atoms with van der Waals surface area (Å²) < 4.78 is 13.7. The largest absolute Gasteiger partial charge is 0.324 e. The third-order valence-electron chi connectivity index (χ3n) is 3.97. The van der Waals surface area contributed by atoms with Crippen LogP contribution in [0.5, 0.6) is 0 Å². The quantitative estimate of drug-likeness (QED) is 0.811. The SMILES string of the molecule is CCCN1C(=O)C(CC(=O)Nc2ccccc2F)SC1=Nc1ccccc1. The van der Waals surface area contributed by atoms with Crippen LogP contribution in [0.1, 0.15) is 19.8 Å². The van der Waals surface area contributed by atoms with Gasteiger partial charge in [-0.1, -0.05) is 49.0 Å². The van der Waals surface area contributed by atoms with Gasteiger partial charge in [0.2, 0.25) is 11.8 Å². The Labute approximate surface area is 161 Å². The van der Waals surface area contributed by atoms with E-state index in [0.29, 0.717) is 11.7 Å². The Hall–Kier alpha value is -2.67. The van der Waals surface area contributed by atoms with Crippen molar-refractivity contribution in [3.8, 4) is 0 Å². The number of anilines is 1. The van der Waals surface area contributed by atoms with Crippen LogP contribution in [0.3, 0.4) is 0 Å². The highest BCUT2D eigenvalue weighted by atomic mass is 32.2. The first-order chi connectivity index (χ1) is 13.1. The van der Waals surface area contributed by atoms with Crippen molar-refractivity contribution < 1.29 is 14.0 Å². The number of hydrogen-bond acceptors (Lipinski definition) is 4. The number of rotatable bonds is 6. The zero-order valence-corrected chi connectivity index (χ0v) is 15.7. The van der Waals surface area contributed by atoms with E-state index in [1.165, 1.54) is 23.9 Å². The number of carbonyl (C=O) groups is 2. The molecule has 1 atom stereocenters. The molecular weight excluding hydrogens is 365 g/mol. The summed E-state index contributed by atoms with van der Waals surface area (Å²) in [5.41, 5.74) is 0.867. The lowest BCUT2D eigenvalue weighted by molar-refractivity contribution is -0.128. The zero-order valence-electron chi connectivity index (χ0n) is 14.9. The van der Waals surface area contributed by atoms with Crippen LogP contribution in [-0.2, 0) is 9.59 Å². The molecule has 1 aliphatic rings. The highest BCUT2D eigenvalue weighted by Crippen LogP contribution is 2.32. The smallest absolute Gasteiger partial charge is 0.242 e. The lowest BCUT2D eigenvalue weighted by Crippen LogP contribution is -2.34. The molecule has 1 saturated heterocycles. The first-order valence-corrected chi connectivity index (χ1v) is 9.62. The third-order valence-corrected chi connectivity index (χ3v) is 5.14. The minimum Gasteiger partial charge on any atom is -0.324 e. The van der Waals surface area contributed by atoms with Crippen molar-refractivity contribution in [2.24, 2.45) is 4.99 Å². The number of halogens is 1. The molecule has 3 rings (SSSR count). The molecule has 2 aromatic rings. The summed E-state index contributed by atoms with van der Waals surface area (Å²) in [6.07, 6.45) is 0.750. The van der Waals surface area contributed by atoms with Crippen LogP contribution in [0.15, 0.2) is 59.6 Å². The van der Waals surface area contributed by atoms with Gasteiger partial charge in [0.05, 0.1) is 11.4 Å². The maximum absolute atomic E-state index is 13.7. The molecule has 0 bridgehead atoms. The predicted octanol–water partition coefficient (Wildman–Crippen LogP) is 4.20. The molecule has 0 spiro atoms. The molecule has 2 aromatic carbocycles. The summed E-state index contributed by atoms with van der Waals surface area (Å²) in [6.45, 7) is 2.53. The van der Waals surface area contributed by atoms with E-state index in [2.05, 4.69) is 10.3 Å². The molecule has 1 heterocycles. The van der Waals surface area contributed by atoms with E-state index in [1.54, 1.807) is 17.0 Å². The van der Waals surface area contributed by atoms with Gasteiger partial charge in [-0.15, -0.1) is 0 Å². The molecular formula is C20H20FN3O2S. The fourth-order valence-corrected chi connectivity index (χ4v) is 3.88. The predicted molar refractivity (Wildman–Crippen MR) is 107 cm³/mol. The van der Waals surface area contributed by atoms with Gasteiger partial charge in [-0.25, -0.2) is 9.38 Å². The van der Waals surface area contributed by atoms with E-state index in [9.17, 15) is 14.0 Å². The number of para-hydroxylation sites is 2. The number of nitrogens with one attached hydrogen (secondary N) is 1. The second-order valence-corrected chi connectivity index (χ2v) is 7.23. The molecule has 0 aliphatic carbocycles. The van der Waals surface area contributed by atoms with E-state index in [4.69, 9.17) is 0 Å². The van der Waals surface area contributed by atoms with Gasteiger partial charge in [0, 0.05) is 13.0 Å². The van der Waals surface area contributed by atoms with Crippen LogP contribution >= 0.6 is 11.8 Å². The molecule has 0 aromatic heterocycles. The summed E-state index contributed by atoms with van der Waals surface area (Å²) in [6, 6.07) is 15.3. The molecule has 27 heavy (non-hydrogen) atoms. The molecule has 2 amide bonds. The number of nitrogens with zero attached hydrogens (tertiary/aromatic N) is 2. The van der Waals surface area contributed by atoms with E-state index >= 15 is 0 Å². The Balaban J connectivity index is 1.72. The van der Waals surface area contributed by atoms with Gasteiger partial charge in [-0.3, -0.25) is 14.5 Å². The minimum absolute atomic E-state index is 0.0359. The number of amides is 2. The maximum Gasteiger partial charge on any atom is 0.242 e. The van der Waals surface area contributed by atoms with Gasteiger partial charge in [0.15, 0.2) is 5.17 Å². The number of carbonyl (C=O) groups excluding carboxylic acids is 2. The van der Waals surface area contributed by atoms with E-state index in [-0.39, 0.29) is 18.0 Å². The van der Waals surface area contributed by atoms with Crippen LogP contribution < -0.4 is 5.32 Å². The summed E-state index contributed by atoms with van der Waals surface area (Å²) in [4.78, 5) is 31.2. The second kappa shape index (κ2) is 8.81. The van der Waals surface area contributed by atoms with Crippen molar-refractivity contribution in [3.05, 3.63) is 60.4 Å². The molecule has 7 heteroatoms. The van der Waals surface area contributed by atoms with Crippen molar-refractivity contribution in [2.45, 2.75) is 25.0 Å². The molecule has 1 N–H and O–H groups in total. The van der Waals surface area contributed by atoms with Gasteiger partial charge in [-0.2, -0.15) is 0 Å². The van der Waals surface area contributed by atoms with Crippen LogP contribution in [0.4, 0.5) is 15.8 Å². The van der Waals surface area contributed by atoms with Crippen molar-refractivity contribution in [1.29, 1.82) is 0 Å². The van der Waals surface area contributed by atoms with Crippen LogP contribution in [0, 0.1) is 5.82 Å². The maximum atomic E-state index is 13.7.